The van der Waals surface area contributed by atoms with E-state index in [0.717, 1.165) is 20.1 Å². The van der Waals surface area contributed by atoms with Gasteiger partial charge in [0.1, 0.15) is 5.75 Å². The number of phenolic OH excluding ortho intramolecular Hbond substituents is 1. The molecule has 1 saturated heterocycles. The number of hydrogen-bond acceptors (Lipinski definition) is 6. The van der Waals surface area contributed by atoms with Crippen molar-refractivity contribution in [2.45, 2.75) is 24.1 Å². The number of para-hydroxylation sites is 1. The Bertz CT molecular complexity index is 1040. The number of aromatic hydroxyl groups is 1. The number of thiazole rings is 1. The number of rotatable bonds is 5. The van der Waals surface area contributed by atoms with E-state index in [1.165, 1.54) is 11.8 Å². The van der Waals surface area contributed by atoms with Gasteiger partial charge in [0.25, 0.3) is 0 Å². The van der Waals surface area contributed by atoms with Gasteiger partial charge in [-0.25, -0.2) is 4.98 Å². The Labute approximate surface area is 183 Å². The highest BCUT2D eigenvalue weighted by atomic mass is 32.2. The fraction of sp³-hybridized carbons (Fsp3) is 0.318. The average molecular weight is 442 g/mol. The SMILES string of the molecule is Cc1ccc(NC(=O)C2CCN(C(=O)CSc3nc4ccccc4s3)CC2)c(O)c1. The van der Waals surface area contributed by atoms with Crippen molar-refractivity contribution in [2.24, 2.45) is 5.92 Å². The first-order valence-corrected chi connectivity index (χ1v) is 11.7. The van der Waals surface area contributed by atoms with Crippen molar-refractivity contribution >= 4 is 50.8 Å². The number of carbonyl (C=O) groups is 2. The maximum absolute atomic E-state index is 12.6. The van der Waals surface area contributed by atoms with E-state index in [0.29, 0.717) is 37.4 Å². The van der Waals surface area contributed by atoms with Crippen LogP contribution in [0.2, 0.25) is 0 Å². The number of hydrogen-bond donors (Lipinski definition) is 2. The standard InChI is InChI=1S/C22H23N3O3S2/c1-14-6-7-16(18(26)12-14)23-21(28)15-8-10-25(11-9-15)20(27)13-29-22-24-17-4-2-3-5-19(17)30-22/h2-7,12,15,26H,8-11,13H2,1H3,(H,23,28). The number of fused-ring (bicyclic) bond motifs is 1. The number of amides is 2. The lowest BCUT2D eigenvalue weighted by Gasteiger charge is -2.31. The molecule has 4 rings (SSSR count). The summed E-state index contributed by atoms with van der Waals surface area (Å²) < 4.78 is 2.02. The number of phenols is 1. The first-order valence-electron chi connectivity index (χ1n) is 9.86. The number of carbonyl (C=O) groups excluding carboxylic acids is 2. The van der Waals surface area contributed by atoms with Crippen LogP contribution in [0.5, 0.6) is 5.75 Å². The molecule has 1 aliphatic rings. The van der Waals surface area contributed by atoms with Crippen LogP contribution in [-0.2, 0) is 9.59 Å². The van der Waals surface area contributed by atoms with Gasteiger partial charge in [-0.15, -0.1) is 11.3 Å². The fourth-order valence-corrected chi connectivity index (χ4v) is 5.47. The van der Waals surface area contributed by atoms with Crippen LogP contribution in [0.15, 0.2) is 46.8 Å². The highest BCUT2D eigenvalue weighted by Gasteiger charge is 2.27. The first-order chi connectivity index (χ1) is 14.5. The molecule has 0 spiro atoms. The Hall–Kier alpha value is -2.58. The fourth-order valence-electron chi connectivity index (χ4n) is 3.50. The maximum atomic E-state index is 12.6. The van der Waals surface area contributed by atoms with Gasteiger partial charge in [-0.1, -0.05) is 30.0 Å². The van der Waals surface area contributed by atoms with Crippen molar-refractivity contribution in [3.8, 4) is 5.75 Å². The molecule has 2 amide bonds. The molecule has 1 fully saturated rings. The molecule has 1 aliphatic heterocycles. The molecule has 0 unspecified atom stereocenters. The molecule has 2 aromatic carbocycles. The molecule has 0 atom stereocenters. The summed E-state index contributed by atoms with van der Waals surface area (Å²) in [7, 11) is 0. The van der Waals surface area contributed by atoms with Crippen LogP contribution in [0.25, 0.3) is 10.2 Å². The van der Waals surface area contributed by atoms with E-state index in [-0.39, 0.29) is 23.5 Å². The van der Waals surface area contributed by atoms with Crippen LogP contribution in [-0.4, -0.2) is 45.6 Å². The summed E-state index contributed by atoms with van der Waals surface area (Å²) >= 11 is 3.07. The number of nitrogens with one attached hydrogen (secondary N) is 1. The van der Waals surface area contributed by atoms with Crippen LogP contribution < -0.4 is 5.32 Å². The molecule has 8 heteroatoms. The monoisotopic (exact) mass is 441 g/mol. The van der Waals surface area contributed by atoms with Crippen molar-refractivity contribution in [1.29, 1.82) is 0 Å². The van der Waals surface area contributed by atoms with Crippen molar-refractivity contribution < 1.29 is 14.7 Å². The number of anilines is 1. The maximum Gasteiger partial charge on any atom is 0.233 e. The Kier molecular flexibility index (Phi) is 6.24. The number of aryl methyl sites for hydroxylation is 1. The van der Waals surface area contributed by atoms with Gasteiger partial charge in [-0.2, -0.15) is 0 Å². The van der Waals surface area contributed by atoms with E-state index >= 15 is 0 Å². The molecular weight excluding hydrogens is 418 g/mol. The molecule has 2 N–H and O–H groups in total. The largest absolute Gasteiger partial charge is 0.506 e. The topological polar surface area (TPSA) is 82.5 Å². The molecule has 0 saturated carbocycles. The Morgan fingerprint density at radius 2 is 2.00 bits per heavy atom. The van der Waals surface area contributed by atoms with Gasteiger partial charge >= 0.3 is 0 Å². The summed E-state index contributed by atoms with van der Waals surface area (Å²) in [6, 6.07) is 13.1. The van der Waals surface area contributed by atoms with E-state index in [9.17, 15) is 14.7 Å². The van der Waals surface area contributed by atoms with Crippen molar-refractivity contribution in [3.05, 3.63) is 48.0 Å². The lowest BCUT2D eigenvalue weighted by Crippen LogP contribution is -2.42. The summed E-state index contributed by atoms with van der Waals surface area (Å²) in [6.07, 6.45) is 1.24. The van der Waals surface area contributed by atoms with Crippen LogP contribution in [0.4, 0.5) is 5.69 Å². The average Bonchev–Trinajstić information content (AvgIpc) is 3.17. The molecule has 3 aromatic rings. The third kappa shape index (κ3) is 4.76. The van der Waals surface area contributed by atoms with Crippen LogP contribution in [0.1, 0.15) is 18.4 Å². The summed E-state index contributed by atoms with van der Waals surface area (Å²) in [5.41, 5.74) is 2.32. The van der Waals surface area contributed by atoms with Crippen LogP contribution in [0.3, 0.4) is 0 Å². The predicted molar refractivity (Wildman–Crippen MR) is 121 cm³/mol. The second kappa shape index (κ2) is 9.06. The predicted octanol–water partition coefficient (Wildman–Crippen LogP) is 4.28. The summed E-state index contributed by atoms with van der Waals surface area (Å²) in [6.45, 7) is 3.02. The van der Waals surface area contributed by atoms with Gasteiger partial charge in [-0.3, -0.25) is 9.59 Å². The quantitative estimate of drug-likeness (QED) is 0.456. The summed E-state index contributed by atoms with van der Waals surface area (Å²) in [4.78, 5) is 31.5. The van der Waals surface area contributed by atoms with E-state index in [1.54, 1.807) is 23.5 Å². The van der Waals surface area contributed by atoms with E-state index in [4.69, 9.17) is 0 Å². The molecule has 0 aliphatic carbocycles. The summed E-state index contributed by atoms with van der Waals surface area (Å²) in [5.74, 6) is 0.238. The van der Waals surface area contributed by atoms with Gasteiger partial charge in [0.15, 0.2) is 4.34 Å². The zero-order valence-corrected chi connectivity index (χ0v) is 18.3. The lowest BCUT2D eigenvalue weighted by molar-refractivity contribution is -0.132. The minimum atomic E-state index is -0.160. The molecule has 2 heterocycles. The number of piperidine rings is 1. The Morgan fingerprint density at radius 1 is 1.23 bits per heavy atom. The van der Waals surface area contributed by atoms with E-state index in [2.05, 4.69) is 10.3 Å². The number of likely N-dealkylation sites (tertiary alicyclic amines) is 1. The van der Waals surface area contributed by atoms with Crippen molar-refractivity contribution in [3.63, 3.8) is 0 Å². The first kappa shape index (κ1) is 20.7. The number of benzene rings is 2. The van der Waals surface area contributed by atoms with E-state index in [1.807, 2.05) is 42.2 Å². The highest BCUT2D eigenvalue weighted by molar-refractivity contribution is 8.01. The van der Waals surface area contributed by atoms with Crippen molar-refractivity contribution in [2.75, 3.05) is 24.2 Å². The second-order valence-electron chi connectivity index (χ2n) is 7.40. The third-order valence-electron chi connectivity index (χ3n) is 5.22. The molecular formula is C22H23N3O3S2. The molecule has 0 radical (unpaired) electrons. The minimum Gasteiger partial charge on any atom is -0.506 e. The Morgan fingerprint density at radius 3 is 2.73 bits per heavy atom. The third-order valence-corrected chi connectivity index (χ3v) is 7.39. The molecule has 0 bridgehead atoms. The molecule has 156 valence electrons. The number of nitrogens with zero attached hydrogens (tertiary/aromatic N) is 2. The van der Waals surface area contributed by atoms with E-state index < -0.39 is 0 Å². The van der Waals surface area contributed by atoms with Gasteiger partial charge < -0.3 is 15.3 Å². The van der Waals surface area contributed by atoms with Crippen molar-refractivity contribution in [1.82, 2.24) is 9.88 Å². The van der Waals surface area contributed by atoms with Gasteiger partial charge in [0.2, 0.25) is 11.8 Å². The van der Waals surface area contributed by atoms with Crippen LogP contribution >= 0.6 is 23.1 Å². The van der Waals surface area contributed by atoms with Gasteiger partial charge in [0.05, 0.1) is 21.7 Å². The molecule has 30 heavy (non-hydrogen) atoms. The van der Waals surface area contributed by atoms with Gasteiger partial charge in [0, 0.05) is 19.0 Å². The number of aromatic nitrogens is 1. The molecule has 1 aromatic heterocycles. The summed E-state index contributed by atoms with van der Waals surface area (Å²) in [5, 5.41) is 12.8. The zero-order valence-electron chi connectivity index (χ0n) is 16.6. The second-order valence-corrected chi connectivity index (χ2v) is 9.65. The smallest absolute Gasteiger partial charge is 0.233 e. The Balaban J connectivity index is 1.26. The minimum absolute atomic E-state index is 0.0721. The highest BCUT2D eigenvalue weighted by Crippen LogP contribution is 2.30. The lowest BCUT2D eigenvalue weighted by atomic mass is 9.95. The van der Waals surface area contributed by atoms with Gasteiger partial charge in [-0.05, 0) is 49.6 Å². The zero-order chi connectivity index (χ0) is 21.1. The number of thioether (sulfide) groups is 1. The van der Waals surface area contributed by atoms with Crippen LogP contribution in [0, 0.1) is 12.8 Å². The normalized spacial score (nSPS) is 14.8. The molecule has 6 nitrogen and oxygen atoms in total.